The summed E-state index contributed by atoms with van der Waals surface area (Å²) in [6, 6.07) is 10.2. The molecule has 0 spiro atoms. The van der Waals surface area contributed by atoms with E-state index in [0.29, 0.717) is 11.1 Å². The second-order valence-corrected chi connectivity index (χ2v) is 4.10. The van der Waals surface area contributed by atoms with Gasteiger partial charge in [0.15, 0.2) is 11.4 Å². The van der Waals surface area contributed by atoms with E-state index in [1.54, 1.807) is 24.3 Å². The highest BCUT2D eigenvalue weighted by molar-refractivity contribution is 5.99. The number of methoxy groups -OCH3 is 2. The largest absolute Gasteiger partial charge is 0.505 e. The average Bonchev–Trinajstić information content (AvgIpc) is 2.54. The zero-order valence-electron chi connectivity index (χ0n) is 11.5. The lowest BCUT2D eigenvalue weighted by Crippen LogP contribution is -2.12. The van der Waals surface area contributed by atoms with Crippen molar-refractivity contribution in [2.45, 2.75) is 0 Å². The van der Waals surface area contributed by atoms with E-state index in [2.05, 4.69) is 14.5 Å². The van der Waals surface area contributed by atoms with Gasteiger partial charge in [-0.1, -0.05) is 30.3 Å². The normalized spacial score (nSPS) is 10.0. The number of rotatable bonds is 3. The molecule has 0 radical (unpaired) electrons. The number of hydrogen-bond donors (Lipinski definition) is 1. The Morgan fingerprint density at radius 3 is 2.14 bits per heavy atom. The minimum Gasteiger partial charge on any atom is -0.505 e. The zero-order valence-corrected chi connectivity index (χ0v) is 11.5. The van der Waals surface area contributed by atoms with E-state index < -0.39 is 11.9 Å². The fourth-order valence-corrected chi connectivity index (χ4v) is 1.84. The van der Waals surface area contributed by atoms with Gasteiger partial charge in [-0.25, -0.2) is 14.6 Å². The van der Waals surface area contributed by atoms with E-state index in [1.807, 2.05) is 6.07 Å². The number of aromatic hydroxyl groups is 1. The quantitative estimate of drug-likeness (QED) is 0.869. The molecule has 1 heterocycles. The van der Waals surface area contributed by atoms with Gasteiger partial charge in [0.05, 0.1) is 14.2 Å². The highest BCUT2D eigenvalue weighted by Crippen LogP contribution is 2.29. The minimum atomic E-state index is -0.836. The Morgan fingerprint density at radius 2 is 1.57 bits per heavy atom. The van der Waals surface area contributed by atoms with Crippen molar-refractivity contribution in [1.29, 1.82) is 0 Å². The Morgan fingerprint density at radius 1 is 1.00 bits per heavy atom. The van der Waals surface area contributed by atoms with Crippen LogP contribution in [0.25, 0.3) is 11.1 Å². The maximum atomic E-state index is 11.9. The molecule has 1 N–H and O–H groups in total. The smallest absolute Gasteiger partial charge is 0.360 e. The number of carbonyl (C=O) groups excluding carboxylic acids is 2. The lowest BCUT2D eigenvalue weighted by molar-refractivity contribution is 0.0584. The molecule has 0 saturated carbocycles. The van der Waals surface area contributed by atoms with Crippen molar-refractivity contribution in [3.8, 4) is 16.9 Å². The molecule has 0 saturated heterocycles. The Balaban J connectivity index is 2.67. The van der Waals surface area contributed by atoms with Gasteiger partial charge in [-0.15, -0.1) is 0 Å². The summed E-state index contributed by atoms with van der Waals surface area (Å²) in [7, 11) is 2.37. The molecular weight excluding hydrogens is 274 g/mol. The van der Waals surface area contributed by atoms with Crippen molar-refractivity contribution in [1.82, 2.24) is 4.98 Å². The number of benzene rings is 1. The molecule has 2 rings (SSSR count). The number of nitrogens with zero attached hydrogens (tertiary/aromatic N) is 1. The second kappa shape index (κ2) is 6.04. The van der Waals surface area contributed by atoms with E-state index in [-0.39, 0.29) is 17.1 Å². The van der Waals surface area contributed by atoms with Crippen LogP contribution in [0.2, 0.25) is 0 Å². The van der Waals surface area contributed by atoms with Crippen LogP contribution >= 0.6 is 0 Å². The van der Waals surface area contributed by atoms with Crippen LogP contribution in [0.1, 0.15) is 21.0 Å². The summed E-state index contributed by atoms with van der Waals surface area (Å²) in [5, 5.41) is 9.92. The predicted octanol–water partition coefficient (Wildman–Crippen LogP) is 2.03. The van der Waals surface area contributed by atoms with Gasteiger partial charge in [0.25, 0.3) is 0 Å². The van der Waals surface area contributed by atoms with Gasteiger partial charge < -0.3 is 14.6 Å². The summed E-state index contributed by atoms with van der Waals surface area (Å²) < 4.78 is 9.19. The fourth-order valence-electron chi connectivity index (χ4n) is 1.84. The van der Waals surface area contributed by atoms with Gasteiger partial charge in [0, 0.05) is 5.56 Å². The summed E-state index contributed by atoms with van der Waals surface area (Å²) in [6.45, 7) is 0. The highest BCUT2D eigenvalue weighted by atomic mass is 16.5. The van der Waals surface area contributed by atoms with Crippen molar-refractivity contribution < 1.29 is 24.2 Å². The number of aromatic nitrogens is 1. The first kappa shape index (κ1) is 14.5. The average molecular weight is 287 g/mol. The van der Waals surface area contributed by atoms with E-state index in [4.69, 9.17) is 0 Å². The van der Waals surface area contributed by atoms with Crippen LogP contribution in [0.15, 0.2) is 36.4 Å². The lowest BCUT2D eigenvalue weighted by Gasteiger charge is -2.10. The van der Waals surface area contributed by atoms with Crippen molar-refractivity contribution in [3.05, 3.63) is 47.8 Å². The third kappa shape index (κ3) is 2.84. The molecule has 0 atom stereocenters. The highest BCUT2D eigenvalue weighted by Gasteiger charge is 2.22. The Kier molecular flexibility index (Phi) is 4.18. The topological polar surface area (TPSA) is 85.7 Å². The van der Waals surface area contributed by atoms with Gasteiger partial charge >= 0.3 is 11.9 Å². The van der Waals surface area contributed by atoms with Crippen LogP contribution < -0.4 is 0 Å². The summed E-state index contributed by atoms with van der Waals surface area (Å²) in [5.74, 6) is -1.91. The van der Waals surface area contributed by atoms with Crippen molar-refractivity contribution in [2.75, 3.05) is 14.2 Å². The Hall–Kier alpha value is -2.89. The van der Waals surface area contributed by atoms with Crippen molar-refractivity contribution in [2.24, 2.45) is 0 Å². The van der Waals surface area contributed by atoms with Crippen LogP contribution in [0, 0.1) is 0 Å². The summed E-state index contributed by atoms with van der Waals surface area (Å²) in [5.41, 5.74) is 0.629. The third-order valence-electron chi connectivity index (χ3n) is 2.84. The van der Waals surface area contributed by atoms with Gasteiger partial charge in [0.1, 0.15) is 5.75 Å². The number of esters is 2. The van der Waals surface area contributed by atoms with E-state index >= 15 is 0 Å². The number of ether oxygens (including phenoxy) is 2. The molecule has 2 aromatic rings. The van der Waals surface area contributed by atoms with Gasteiger partial charge in [-0.05, 0) is 11.6 Å². The van der Waals surface area contributed by atoms with Gasteiger partial charge in [0.2, 0.25) is 0 Å². The molecule has 0 unspecified atom stereocenters. The lowest BCUT2D eigenvalue weighted by atomic mass is 10.0. The monoisotopic (exact) mass is 287 g/mol. The molecule has 21 heavy (non-hydrogen) atoms. The molecule has 0 aliphatic rings. The van der Waals surface area contributed by atoms with Crippen LogP contribution in [-0.4, -0.2) is 36.2 Å². The van der Waals surface area contributed by atoms with E-state index in [0.717, 1.165) is 7.11 Å². The molecule has 0 amide bonds. The summed E-state index contributed by atoms with van der Waals surface area (Å²) in [4.78, 5) is 27.3. The van der Waals surface area contributed by atoms with Gasteiger partial charge in [-0.2, -0.15) is 0 Å². The third-order valence-corrected chi connectivity index (χ3v) is 2.84. The van der Waals surface area contributed by atoms with Crippen molar-refractivity contribution in [3.63, 3.8) is 0 Å². The summed E-state index contributed by atoms with van der Waals surface area (Å²) >= 11 is 0. The first-order valence-corrected chi connectivity index (χ1v) is 6.04. The fraction of sp³-hybridized carbons (Fsp3) is 0.133. The van der Waals surface area contributed by atoms with Crippen molar-refractivity contribution >= 4 is 11.9 Å². The SMILES string of the molecule is COC(=O)c1nc(C(=O)OC)c(-c2ccccc2)cc1O. The van der Waals surface area contributed by atoms with Gasteiger partial charge in [-0.3, -0.25) is 0 Å². The molecule has 0 bridgehead atoms. The molecular formula is C15H13NO5. The maximum Gasteiger partial charge on any atom is 0.360 e. The van der Waals surface area contributed by atoms with Crippen LogP contribution in [-0.2, 0) is 9.47 Å². The number of hydrogen-bond acceptors (Lipinski definition) is 6. The van der Waals surface area contributed by atoms with E-state index in [9.17, 15) is 14.7 Å². The molecule has 1 aromatic carbocycles. The number of carbonyl (C=O) groups is 2. The number of pyridine rings is 1. The molecule has 1 aromatic heterocycles. The molecule has 0 fully saturated rings. The molecule has 108 valence electrons. The standard InChI is InChI=1S/C15H13NO5/c1-20-14(18)12-10(9-6-4-3-5-7-9)8-11(17)13(16-12)15(19)21-2/h3-8,17H,1-2H3. The minimum absolute atomic E-state index is 0.0677. The molecule has 6 nitrogen and oxygen atoms in total. The maximum absolute atomic E-state index is 11.9. The van der Waals surface area contributed by atoms with Crippen LogP contribution in [0.3, 0.4) is 0 Å². The van der Waals surface area contributed by atoms with Crippen LogP contribution in [0.5, 0.6) is 5.75 Å². The second-order valence-electron chi connectivity index (χ2n) is 4.10. The molecule has 0 aliphatic heterocycles. The van der Waals surface area contributed by atoms with E-state index in [1.165, 1.54) is 13.2 Å². The summed E-state index contributed by atoms with van der Waals surface area (Å²) in [6.07, 6.45) is 0. The zero-order chi connectivity index (χ0) is 15.4. The first-order chi connectivity index (χ1) is 10.1. The molecule has 6 heteroatoms. The molecule has 0 aliphatic carbocycles. The first-order valence-electron chi connectivity index (χ1n) is 6.04. The van der Waals surface area contributed by atoms with Crippen LogP contribution in [0.4, 0.5) is 0 Å². The Labute approximate surface area is 121 Å². The Bertz CT molecular complexity index is 682. The predicted molar refractivity (Wildman–Crippen MR) is 74.0 cm³/mol.